The Kier molecular flexibility index (Phi) is 5.14. The van der Waals surface area contributed by atoms with Crippen molar-refractivity contribution >= 4 is 33.4 Å². The maximum absolute atomic E-state index is 13.0. The molecule has 0 unspecified atom stereocenters. The number of benzene rings is 2. The normalized spacial score (nSPS) is 14.4. The van der Waals surface area contributed by atoms with Crippen molar-refractivity contribution in [1.82, 2.24) is 4.47 Å². The summed E-state index contributed by atoms with van der Waals surface area (Å²) < 4.78 is 25.5. The van der Waals surface area contributed by atoms with Crippen LogP contribution >= 0.6 is 11.8 Å². The van der Waals surface area contributed by atoms with E-state index in [1.807, 2.05) is 24.3 Å². The topological polar surface area (TPSA) is 66.9 Å². The Balaban J connectivity index is 1.96. The first-order valence-corrected chi connectivity index (χ1v) is 10.0. The Hall–Kier alpha value is -1.87. The fourth-order valence-electron chi connectivity index (χ4n) is 2.57. The van der Waals surface area contributed by atoms with Gasteiger partial charge in [-0.3, -0.25) is 9.63 Å². The molecule has 2 aromatic rings. The Labute approximate surface area is 151 Å². The van der Waals surface area contributed by atoms with Gasteiger partial charge in [-0.25, -0.2) is 8.42 Å². The molecule has 132 valence electrons. The molecule has 0 aliphatic carbocycles. The summed E-state index contributed by atoms with van der Waals surface area (Å²) in [5, 5.41) is 0. The maximum atomic E-state index is 13.0. The molecule has 0 radical (unpaired) electrons. The molecule has 0 bridgehead atoms. The highest BCUT2D eigenvalue weighted by molar-refractivity contribution is 7.99. The van der Waals surface area contributed by atoms with Gasteiger partial charge in [0.15, 0.2) is 0 Å². The van der Waals surface area contributed by atoms with Crippen LogP contribution in [0, 0.1) is 0 Å². The van der Waals surface area contributed by atoms with Crippen molar-refractivity contribution < 1.29 is 18.0 Å². The van der Waals surface area contributed by atoms with Gasteiger partial charge in [-0.1, -0.05) is 22.7 Å². The lowest BCUT2D eigenvalue weighted by atomic mass is 10.1. The number of fused-ring (bicyclic) bond motifs is 1. The number of carbonyl (C=O) groups excluding carboxylic acids is 1. The molecule has 1 heterocycles. The molecule has 0 atom stereocenters. The van der Waals surface area contributed by atoms with Gasteiger partial charge in [0.25, 0.3) is 15.9 Å². The van der Waals surface area contributed by atoms with Crippen LogP contribution in [-0.2, 0) is 14.9 Å². The lowest BCUT2D eigenvalue weighted by molar-refractivity contribution is -0.0258. The van der Waals surface area contributed by atoms with E-state index in [1.165, 1.54) is 26.3 Å². The van der Waals surface area contributed by atoms with Crippen LogP contribution < -0.4 is 4.90 Å². The molecular formula is C17H18N2O4S2. The van der Waals surface area contributed by atoms with Gasteiger partial charge < -0.3 is 4.90 Å². The van der Waals surface area contributed by atoms with Crippen LogP contribution in [0.3, 0.4) is 0 Å². The molecule has 2 aromatic carbocycles. The van der Waals surface area contributed by atoms with Crippen LogP contribution in [-0.4, -0.2) is 45.2 Å². The Morgan fingerprint density at radius 2 is 1.96 bits per heavy atom. The monoisotopic (exact) mass is 378 g/mol. The summed E-state index contributed by atoms with van der Waals surface area (Å²) in [6, 6.07) is 13.7. The lowest BCUT2D eigenvalue weighted by Crippen LogP contribution is -2.35. The standard InChI is InChI=1S/C17H18N2O4S2/c1-18(23-2)25(21,22)14-7-5-6-13(12-14)17(20)19-10-11-24-16-9-4-3-8-15(16)19/h3-9,12H,10-11H2,1-2H3. The quantitative estimate of drug-likeness (QED) is 0.765. The van der Waals surface area contributed by atoms with E-state index >= 15 is 0 Å². The molecule has 25 heavy (non-hydrogen) atoms. The van der Waals surface area contributed by atoms with Crippen LogP contribution in [0.2, 0.25) is 0 Å². The van der Waals surface area contributed by atoms with Crippen molar-refractivity contribution in [3.8, 4) is 0 Å². The molecule has 8 heteroatoms. The number of amides is 1. The number of rotatable bonds is 4. The van der Waals surface area contributed by atoms with E-state index in [-0.39, 0.29) is 10.8 Å². The van der Waals surface area contributed by atoms with Crippen molar-refractivity contribution in [2.75, 3.05) is 31.4 Å². The van der Waals surface area contributed by atoms with E-state index in [9.17, 15) is 13.2 Å². The molecule has 0 N–H and O–H groups in total. The average Bonchev–Trinajstić information content (AvgIpc) is 2.66. The summed E-state index contributed by atoms with van der Waals surface area (Å²) in [6.07, 6.45) is 0. The number of carbonyl (C=O) groups is 1. The molecule has 1 amide bonds. The predicted molar refractivity (Wildman–Crippen MR) is 97.2 cm³/mol. The second kappa shape index (κ2) is 7.17. The summed E-state index contributed by atoms with van der Waals surface area (Å²) in [7, 11) is -1.22. The largest absolute Gasteiger partial charge is 0.306 e. The van der Waals surface area contributed by atoms with Crippen LogP contribution in [0.15, 0.2) is 58.3 Å². The minimum absolute atomic E-state index is 0.0161. The second-order valence-corrected chi connectivity index (χ2v) is 8.47. The van der Waals surface area contributed by atoms with Crippen molar-refractivity contribution in [2.45, 2.75) is 9.79 Å². The molecular weight excluding hydrogens is 360 g/mol. The van der Waals surface area contributed by atoms with E-state index in [0.29, 0.717) is 12.1 Å². The van der Waals surface area contributed by atoms with Crippen LogP contribution in [0.25, 0.3) is 0 Å². The third-order valence-corrected chi connectivity index (χ3v) is 6.67. The molecule has 3 rings (SSSR count). The highest BCUT2D eigenvalue weighted by Gasteiger charge is 2.26. The van der Waals surface area contributed by atoms with E-state index in [0.717, 1.165) is 20.8 Å². The van der Waals surface area contributed by atoms with Gasteiger partial charge in [0.05, 0.1) is 17.7 Å². The minimum atomic E-state index is -3.80. The summed E-state index contributed by atoms with van der Waals surface area (Å²) in [6.45, 7) is 0.579. The number of hydrogen-bond acceptors (Lipinski definition) is 5. The number of hydroxylamine groups is 1. The molecule has 0 aromatic heterocycles. The van der Waals surface area contributed by atoms with Gasteiger partial charge >= 0.3 is 0 Å². The first kappa shape index (κ1) is 17.9. The smallest absolute Gasteiger partial charge is 0.264 e. The van der Waals surface area contributed by atoms with E-state index in [4.69, 9.17) is 4.84 Å². The SMILES string of the molecule is CON(C)S(=O)(=O)c1cccc(C(=O)N2CCSc3ccccc32)c1. The number of nitrogens with zero attached hydrogens (tertiary/aromatic N) is 2. The van der Waals surface area contributed by atoms with Crippen LogP contribution in [0.1, 0.15) is 10.4 Å². The van der Waals surface area contributed by atoms with Gasteiger partial charge in [0.1, 0.15) is 0 Å². The first-order chi connectivity index (χ1) is 11.9. The summed E-state index contributed by atoms with van der Waals surface area (Å²) >= 11 is 1.71. The van der Waals surface area contributed by atoms with Gasteiger partial charge in [-0.05, 0) is 30.3 Å². The lowest BCUT2D eigenvalue weighted by Gasteiger charge is -2.29. The number of thioether (sulfide) groups is 1. The highest BCUT2D eigenvalue weighted by atomic mass is 32.2. The number of sulfonamides is 1. The Bertz CT molecular complexity index is 899. The Morgan fingerprint density at radius 1 is 1.20 bits per heavy atom. The molecule has 0 saturated heterocycles. The molecule has 1 aliphatic heterocycles. The van der Waals surface area contributed by atoms with E-state index < -0.39 is 10.0 Å². The number of anilines is 1. The molecule has 0 fully saturated rings. The fourth-order valence-corrected chi connectivity index (χ4v) is 4.59. The fraction of sp³-hybridized carbons (Fsp3) is 0.235. The van der Waals surface area contributed by atoms with Gasteiger partial charge in [0.2, 0.25) is 0 Å². The summed E-state index contributed by atoms with van der Waals surface area (Å²) in [5.74, 6) is 0.581. The van der Waals surface area contributed by atoms with Crippen molar-refractivity contribution in [1.29, 1.82) is 0 Å². The second-order valence-electron chi connectivity index (χ2n) is 5.40. The van der Waals surface area contributed by atoms with Gasteiger partial charge in [-0.15, -0.1) is 11.8 Å². The zero-order chi connectivity index (χ0) is 18.0. The molecule has 0 spiro atoms. The minimum Gasteiger partial charge on any atom is -0.306 e. The van der Waals surface area contributed by atoms with Gasteiger partial charge in [-0.2, -0.15) is 0 Å². The Morgan fingerprint density at radius 3 is 2.72 bits per heavy atom. The van der Waals surface area contributed by atoms with E-state index in [2.05, 4.69) is 0 Å². The van der Waals surface area contributed by atoms with Crippen molar-refractivity contribution in [3.63, 3.8) is 0 Å². The number of hydrogen-bond donors (Lipinski definition) is 0. The predicted octanol–water partition coefficient (Wildman–Crippen LogP) is 2.62. The zero-order valence-corrected chi connectivity index (χ0v) is 15.5. The number of para-hydroxylation sites is 1. The molecule has 6 nitrogen and oxygen atoms in total. The highest BCUT2D eigenvalue weighted by Crippen LogP contribution is 2.35. The zero-order valence-electron chi connectivity index (χ0n) is 13.9. The van der Waals surface area contributed by atoms with Crippen LogP contribution in [0.4, 0.5) is 5.69 Å². The van der Waals surface area contributed by atoms with Crippen LogP contribution in [0.5, 0.6) is 0 Å². The summed E-state index contributed by atoms with van der Waals surface area (Å²) in [5.41, 5.74) is 1.18. The third kappa shape index (κ3) is 3.43. The van der Waals surface area contributed by atoms with E-state index in [1.54, 1.807) is 28.8 Å². The first-order valence-electron chi connectivity index (χ1n) is 7.62. The summed E-state index contributed by atoms with van der Waals surface area (Å²) in [4.78, 5) is 20.5. The maximum Gasteiger partial charge on any atom is 0.264 e. The van der Waals surface area contributed by atoms with Crippen molar-refractivity contribution in [2.24, 2.45) is 0 Å². The molecule has 0 saturated carbocycles. The average molecular weight is 378 g/mol. The molecule has 1 aliphatic rings. The third-order valence-electron chi connectivity index (χ3n) is 3.95. The van der Waals surface area contributed by atoms with Gasteiger partial charge in [0, 0.05) is 29.8 Å². The van der Waals surface area contributed by atoms with Crippen molar-refractivity contribution in [3.05, 3.63) is 54.1 Å².